The number of benzene rings is 1. The normalized spacial score (nSPS) is 22.5. The molecule has 5 heterocycles. The van der Waals surface area contributed by atoms with Crippen LogP contribution >= 0.6 is 24.8 Å². The Labute approximate surface area is 231 Å². The molecule has 3 N–H and O–H groups in total. The zero-order valence-corrected chi connectivity index (χ0v) is 22.2. The highest BCUT2D eigenvalue weighted by atomic mass is 35.5. The molecule has 1 unspecified atom stereocenters. The first-order valence-electron chi connectivity index (χ1n) is 12.3. The summed E-state index contributed by atoms with van der Waals surface area (Å²) in [6.45, 7) is 2.89. The molecule has 0 radical (unpaired) electrons. The first-order chi connectivity index (χ1) is 17.5. The van der Waals surface area contributed by atoms with E-state index >= 15 is 0 Å². The highest BCUT2D eigenvalue weighted by Gasteiger charge is 2.32. The van der Waals surface area contributed by atoms with Crippen LogP contribution in [0.1, 0.15) is 30.0 Å². The van der Waals surface area contributed by atoms with Crippen LogP contribution in [0.5, 0.6) is 5.75 Å². The number of carbonyl (C=O) groups excluding carboxylic acids is 1. The first-order valence-corrected chi connectivity index (χ1v) is 12.3. The summed E-state index contributed by atoms with van der Waals surface area (Å²) in [5.41, 5.74) is 1.96. The molecular weight excluding hydrogens is 536 g/mol. The van der Waals surface area contributed by atoms with Gasteiger partial charge in [-0.15, -0.1) is 24.8 Å². The Morgan fingerprint density at radius 2 is 1.92 bits per heavy atom. The summed E-state index contributed by atoms with van der Waals surface area (Å²) in [7, 11) is 0. The number of rotatable bonds is 5. The lowest BCUT2D eigenvalue weighted by Gasteiger charge is -2.39. The highest BCUT2D eigenvalue weighted by Crippen LogP contribution is 2.35. The Balaban J connectivity index is 0.00000168. The molecule has 0 saturated carbocycles. The van der Waals surface area contributed by atoms with Crippen LogP contribution in [0.4, 0.5) is 10.2 Å². The number of piperidine rings is 1. The maximum atomic E-state index is 15.0. The summed E-state index contributed by atoms with van der Waals surface area (Å²) in [5.74, 6) is 0.424. The van der Waals surface area contributed by atoms with Gasteiger partial charge in [0.1, 0.15) is 5.82 Å². The third kappa shape index (κ3) is 5.37. The van der Waals surface area contributed by atoms with E-state index < -0.39 is 6.10 Å². The smallest absolute Gasteiger partial charge is 0.263 e. The molecule has 2 aromatic heterocycles. The fraction of sp³-hybridized carbons (Fsp3) is 0.423. The van der Waals surface area contributed by atoms with Gasteiger partial charge >= 0.3 is 0 Å². The standard InChI is InChI=1S/C26H28FN5O4.2ClH/c27-18-4-1-15-2-6-23(35)32-10-7-16(24(18)25(15)32)12-31-9-8-19(20(33)13-31)28-11-17-3-5-21-26(29-17)30-22(34)14-36-21;;/h1-6,16,19-20,28,33H,7-14H2,(H,29,30,34);2*1H/t16?,19-,20+;;/m0../s1. The molecule has 3 atom stereocenters. The fourth-order valence-corrected chi connectivity index (χ4v) is 5.67. The van der Waals surface area contributed by atoms with Crippen molar-refractivity contribution < 1.29 is 19.0 Å². The predicted octanol–water partition coefficient (Wildman–Crippen LogP) is 2.42. The molecule has 3 aliphatic rings. The number of ether oxygens (including phenoxy) is 1. The van der Waals surface area contributed by atoms with Crippen molar-refractivity contribution in [3.05, 3.63) is 63.8 Å². The van der Waals surface area contributed by atoms with Crippen LogP contribution in [0.3, 0.4) is 0 Å². The number of aliphatic hydroxyl groups excluding tert-OH is 1. The minimum atomic E-state index is -0.585. The summed E-state index contributed by atoms with van der Waals surface area (Å²) in [5, 5.41) is 17.8. The molecular formula is C26H30Cl2FN5O4. The van der Waals surface area contributed by atoms with Crippen LogP contribution in [0.25, 0.3) is 10.9 Å². The molecule has 204 valence electrons. The zero-order chi connectivity index (χ0) is 24.8. The van der Waals surface area contributed by atoms with Gasteiger partial charge < -0.3 is 29.9 Å². The van der Waals surface area contributed by atoms with Crippen molar-refractivity contribution in [1.82, 2.24) is 19.8 Å². The molecule has 9 nitrogen and oxygen atoms in total. The predicted molar refractivity (Wildman–Crippen MR) is 146 cm³/mol. The second-order valence-corrected chi connectivity index (χ2v) is 9.80. The summed E-state index contributed by atoms with van der Waals surface area (Å²) < 4.78 is 22.0. The number of hydrogen-bond donors (Lipinski definition) is 3. The lowest BCUT2D eigenvalue weighted by Crippen LogP contribution is -2.53. The van der Waals surface area contributed by atoms with E-state index in [2.05, 4.69) is 20.5 Å². The van der Waals surface area contributed by atoms with Gasteiger partial charge in [-0.05, 0) is 55.1 Å². The molecule has 3 aromatic rings. The van der Waals surface area contributed by atoms with Crippen molar-refractivity contribution in [3.8, 4) is 5.75 Å². The van der Waals surface area contributed by atoms with Crippen molar-refractivity contribution in [2.24, 2.45) is 0 Å². The van der Waals surface area contributed by atoms with Gasteiger partial charge in [-0.1, -0.05) is 0 Å². The maximum absolute atomic E-state index is 15.0. The Bertz CT molecular complexity index is 1400. The SMILES string of the molecule is Cl.Cl.O=C1COc2ccc(CN[C@H]3CCN(CC4CCn5c(=O)ccc6ccc(F)c4c65)C[C@H]3O)nc2N1. The van der Waals surface area contributed by atoms with E-state index in [0.29, 0.717) is 55.2 Å². The number of hydrogen-bond acceptors (Lipinski definition) is 7. The number of carbonyl (C=O) groups is 1. The maximum Gasteiger partial charge on any atom is 0.263 e. The Hall–Kier alpha value is -2.76. The number of aromatic nitrogens is 2. The average molecular weight is 566 g/mol. The second kappa shape index (κ2) is 11.5. The summed E-state index contributed by atoms with van der Waals surface area (Å²) in [6.07, 6.45) is 0.839. The van der Waals surface area contributed by atoms with Crippen LogP contribution in [0.2, 0.25) is 0 Å². The third-order valence-corrected chi connectivity index (χ3v) is 7.47. The Morgan fingerprint density at radius 1 is 1.11 bits per heavy atom. The van der Waals surface area contributed by atoms with E-state index in [0.717, 1.165) is 24.0 Å². The van der Waals surface area contributed by atoms with E-state index in [-0.39, 0.29) is 60.7 Å². The fourth-order valence-electron chi connectivity index (χ4n) is 5.67. The van der Waals surface area contributed by atoms with Crippen LogP contribution in [0.15, 0.2) is 41.2 Å². The van der Waals surface area contributed by atoms with Gasteiger partial charge in [-0.2, -0.15) is 0 Å². The first kappa shape index (κ1) is 28.3. The quantitative estimate of drug-likeness (QED) is 0.436. The Kier molecular flexibility index (Phi) is 8.59. The van der Waals surface area contributed by atoms with Crippen LogP contribution in [-0.2, 0) is 17.9 Å². The molecule has 1 fully saturated rings. The monoisotopic (exact) mass is 565 g/mol. The topological polar surface area (TPSA) is 109 Å². The molecule has 0 spiro atoms. The average Bonchev–Trinajstić information content (AvgIpc) is 2.87. The van der Waals surface area contributed by atoms with E-state index in [4.69, 9.17) is 4.74 Å². The number of anilines is 1. The van der Waals surface area contributed by atoms with Crippen molar-refractivity contribution >= 4 is 47.4 Å². The van der Waals surface area contributed by atoms with Crippen molar-refractivity contribution in [2.45, 2.75) is 44.0 Å². The number of likely N-dealkylation sites (tertiary alicyclic amines) is 1. The minimum absolute atomic E-state index is 0. The summed E-state index contributed by atoms with van der Waals surface area (Å²) in [6, 6.07) is 10.0. The van der Waals surface area contributed by atoms with Gasteiger partial charge in [0.2, 0.25) is 0 Å². The molecule has 0 bridgehead atoms. The number of aryl methyl sites for hydroxylation is 1. The number of β-amino-alcohol motifs (C(OH)–C–C–N with tert-alkyl or cyclic N) is 1. The van der Waals surface area contributed by atoms with Gasteiger partial charge in [0, 0.05) is 49.8 Å². The molecule has 1 amide bonds. The lowest BCUT2D eigenvalue weighted by molar-refractivity contribution is -0.118. The lowest BCUT2D eigenvalue weighted by atomic mass is 9.88. The third-order valence-electron chi connectivity index (χ3n) is 7.47. The summed E-state index contributed by atoms with van der Waals surface area (Å²) in [4.78, 5) is 30.5. The number of halogens is 3. The van der Waals surface area contributed by atoms with Gasteiger partial charge in [0.15, 0.2) is 18.2 Å². The molecule has 1 aromatic carbocycles. The zero-order valence-electron chi connectivity index (χ0n) is 20.6. The number of aliphatic hydroxyl groups is 1. The van der Waals surface area contributed by atoms with Crippen LogP contribution in [0, 0.1) is 5.82 Å². The largest absolute Gasteiger partial charge is 0.480 e. The van der Waals surface area contributed by atoms with E-state index in [9.17, 15) is 19.1 Å². The molecule has 3 aliphatic heterocycles. The number of amides is 1. The minimum Gasteiger partial charge on any atom is -0.480 e. The highest BCUT2D eigenvalue weighted by molar-refractivity contribution is 5.94. The van der Waals surface area contributed by atoms with Crippen molar-refractivity contribution in [2.75, 3.05) is 31.6 Å². The number of fused-ring (bicyclic) bond motifs is 1. The summed E-state index contributed by atoms with van der Waals surface area (Å²) >= 11 is 0. The number of pyridine rings is 2. The second-order valence-electron chi connectivity index (χ2n) is 9.80. The van der Waals surface area contributed by atoms with Gasteiger partial charge in [-0.25, -0.2) is 9.37 Å². The Morgan fingerprint density at radius 3 is 2.74 bits per heavy atom. The van der Waals surface area contributed by atoms with E-state index in [1.165, 1.54) is 6.07 Å². The van der Waals surface area contributed by atoms with Gasteiger partial charge in [0.25, 0.3) is 11.5 Å². The van der Waals surface area contributed by atoms with Crippen molar-refractivity contribution in [1.29, 1.82) is 0 Å². The molecule has 6 rings (SSSR count). The van der Waals surface area contributed by atoms with Crippen LogP contribution < -0.4 is 20.9 Å². The van der Waals surface area contributed by atoms with Crippen molar-refractivity contribution in [3.63, 3.8) is 0 Å². The van der Waals surface area contributed by atoms with E-state index in [1.54, 1.807) is 28.8 Å². The van der Waals surface area contributed by atoms with E-state index in [1.807, 2.05) is 6.07 Å². The van der Waals surface area contributed by atoms with Gasteiger partial charge in [-0.3, -0.25) is 9.59 Å². The molecule has 12 heteroatoms. The number of nitrogens with zero attached hydrogens (tertiary/aromatic N) is 3. The van der Waals surface area contributed by atoms with Gasteiger partial charge in [0.05, 0.1) is 17.3 Å². The number of nitrogens with one attached hydrogen (secondary N) is 2. The molecule has 38 heavy (non-hydrogen) atoms. The molecule has 0 aliphatic carbocycles. The van der Waals surface area contributed by atoms with Crippen LogP contribution in [-0.4, -0.2) is 63.9 Å². The molecule has 1 saturated heterocycles.